The van der Waals surface area contributed by atoms with Gasteiger partial charge < -0.3 is 14.8 Å². The molecule has 0 radical (unpaired) electrons. The molecule has 0 unspecified atom stereocenters. The zero-order valence-electron chi connectivity index (χ0n) is 11.7. The van der Waals surface area contributed by atoms with Crippen molar-refractivity contribution in [3.05, 3.63) is 59.4 Å². The van der Waals surface area contributed by atoms with Gasteiger partial charge in [0.25, 0.3) is 0 Å². The third-order valence-electron chi connectivity index (χ3n) is 3.31. The molecule has 1 heterocycles. The smallest absolute Gasteiger partial charge is 0.205 e. The van der Waals surface area contributed by atoms with Crippen LogP contribution >= 0.6 is 11.6 Å². The van der Waals surface area contributed by atoms with E-state index in [2.05, 4.69) is 5.32 Å². The number of nitrogens with one attached hydrogen (secondary N) is 1. The summed E-state index contributed by atoms with van der Waals surface area (Å²) in [7, 11) is 1.68. The third-order valence-corrected chi connectivity index (χ3v) is 3.55. The van der Waals surface area contributed by atoms with Gasteiger partial charge >= 0.3 is 0 Å². The van der Waals surface area contributed by atoms with Crippen LogP contribution in [0.25, 0.3) is 22.5 Å². The largest absolute Gasteiger partial charge is 0.504 e. The Morgan fingerprint density at radius 3 is 2.50 bits per heavy atom. The van der Waals surface area contributed by atoms with Crippen molar-refractivity contribution < 1.29 is 13.9 Å². The Labute approximate surface area is 132 Å². The summed E-state index contributed by atoms with van der Waals surface area (Å²) in [5, 5.41) is 14.0. The minimum Gasteiger partial charge on any atom is -0.504 e. The molecule has 5 heteroatoms. The van der Waals surface area contributed by atoms with Crippen LogP contribution in [-0.4, -0.2) is 12.2 Å². The van der Waals surface area contributed by atoms with Crippen molar-refractivity contribution in [1.29, 1.82) is 0 Å². The lowest BCUT2D eigenvalue weighted by Crippen LogP contribution is -1.87. The summed E-state index contributed by atoms with van der Waals surface area (Å²) in [5.41, 5.74) is 1.66. The standard InChI is InChI=1S/C17H13ClFNO2/c1-20-17-14(10-4-2-6-12(18)8-10)15(21)16(22-17)11-5-3-7-13(19)9-11/h2-9,20-21H,1H3. The summed E-state index contributed by atoms with van der Waals surface area (Å²) >= 11 is 6.00. The molecule has 22 heavy (non-hydrogen) atoms. The molecule has 1 aromatic heterocycles. The topological polar surface area (TPSA) is 45.4 Å². The maximum atomic E-state index is 13.4. The van der Waals surface area contributed by atoms with Crippen LogP contribution < -0.4 is 5.32 Å². The van der Waals surface area contributed by atoms with Crippen molar-refractivity contribution >= 4 is 17.5 Å². The lowest BCUT2D eigenvalue weighted by molar-refractivity contribution is 0.466. The first-order valence-corrected chi connectivity index (χ1v) is 7.03. The van der Waals surface area contributed by atoms with Gasteiger partial charge in [0.1, 0.15) is 5.82 Å². The van der Waals surface area contributed by atoms with Crippen LogP contribution in [0.4, 0.5) is 10.3 Å². The highest BCUT2D eigenvalue weighted by Gasteiger charge is 2.22. The lowest BCUT2D eigenvalue weighted by atomic mass is 10.0. The van der Waals surface area contributed by atoms with Gasteiger partial charge in [0.05, 0.1) is 5.56 Å². The molecule has 112 valence electrons. The number of halogens is 2. The van der Waals surface area contributed by atoms with Crippen LogP contribution in [0.2, 0.25) is 5.02 Å². The maximum absolute atomic E-state index is 13.4. The quantitative estimate of drug-likeness (QED) is 0.702. The van der Waals surface area contributed by atoms with Gasteiger partial charge in [0.15, 0.2) is 11.5 Å². The first-order valence-electron chi connectivity index (χ1n) is 6.65. The van der Waals surface area contributed by atoms with E-state index in [9.17, 15) is 9.50 Å². The van der Waals surface area contributed by atoms with E-state index in [0.717, 1.165) is 0 Å². The Kier molecular flexibility index (Phi) is 3.77. The summed E-state index contributed by atoms with van der Waals surface area (Å²) < 4.78 is 19.1. The fourth-order valence-electron chi connectivity index (χ4n) is 2.34. The molecule has 2 aromatic carbocycles. The van der Waals surface area contributed by atoms with E-state index >= 15 is 0 Å². The van der Waals surface area contributed by atoms with Gasteiger partial charge in [-0.25, -0.2) is 4.39 Å². The molecular weight excluding hydrogens is 305 g/mol. The summed E-state index contributed by atoms with van der Waals surface area (Å²) in [6, 6.07) is 12.9. The third kappa shape index (κ3) is 2.53. The number of hydrogen-bond donors (Lipinski definition) is 2. The van der Waals surface area contributed by atoms with E-state index in [1.165, 1.54) is 12.1 Å². The van der Waals surface area contributed by atoms with Gasteiger partial charge in [-0.05, 0) is 29.8 Å². The van der Waals surface area contributed by atoms with Crippen LogP contribution in [0, 0.1) is 5.82 Å². The van der Waals surface area contributed by atoms with Crippen molar-refractivity contribution in [1.82, 2.24) is 0 Å². The molecule has 3 nitrogen and oxygen atoms in total. The van der Waals surface area contributed by atoms with E-state index in [1.807, 2.05) is 6.07 Å². The molecule has 2 N–H and O–H groups in total. The average Bonchev–Trinajstić information content (AvgIpc) is 2.84. The van der Waals surface area contributed by atoms with Crippen LogP contribution in [0.5, 0.6) is 5.75 Å². The molecule has 0 amide bonds. The Hall–Kier alpha value is -2.46. The number of benzene rings is 2. The van der Waals surface area contributed by atoms with Gasteiger partial charge in [-0.1, -0.05) is 35.9 Å². The molecular formula is C17H13ClFNO2. The maximum Gasteiger partial charge on any atom is 0.205 e. The molecule has 0 saturated heterocycles. The van der Waals surface area contributed by atoms with Crippen LogP contribution in [0.1, 0.15) is 0 Å². The predicted molar refractivity (Wildman–Crippen MR) is 85.8 cm³/mol. The Bertz CT molecular complexity index is 829. The molecule has 0 aliphatic carbocycles. The Morgan fingerprint density at radius 1 is 1.09 bits per heavy atom. The molecule has 0 fully saturated rings. The van der Waals surface area contributed by atoms with Gasteiger partial charge in [0.2, 0.25) is 5.88 Å². The van der Waals surface area contributed by atoms with Gasteiger partial charge in [-0.3, -0.25) is 0 Å². The molecule has 3 aromatic rings. The zero-order chi connectivity index (χ0) is 15.7. The highest BCUT2D eigenvalue weighted by molar-refractivity contribution is 6.30. The van der Waals surface area contributed by atoms with Crippen LogP contribution in [0.15, 0.2) is 52.9 Å². The molecule has 0 spiro atoms. The van der Waals surface area contributed by atoms with Crippen LogP contribution in [0.3, 0.4) is 0 Å². The molecule has 3 rings (SSSR count). The van der Waals surface area contributed by atoms with E-state index in [4.69, 9.17) is 16.0 Å². The van der Waals surface area contributed by atoms with Gasteiger partial charge in [-0.2, -0.15) is 0 Å². The normalized spacial score (nSPS) is 10.7. The first-order chi connectivity index (χ1) is 10.6. The molecule has 0 saturated carbocycles. The highest BCUT2D eigenvalue weighted by Crippen LogP contribution is 2.46. The van der Waals surface area contributed by atoms with Crippen LogP contribution in [-0.2, 0) is 0 Å². The lowest BCUT2D eigenvalue weighted by Gasteiger charge is -2.03. The zero-order valence-corrected chi connectivity index (χ0v) is 12.5. The fourth-order valence-corrected chi connectivity index (χ4v) is 2.53. The monoisotopic (exact) mass is 317 g/mol. The summed E-state index contributed by atoms with van der Waals surface area (Å²) in [6.07, 6.45) is 0. The van der Waals surface area contributed by atoms with Crippen molar-refractivity contribution in [2.75, 3.05) is 12.4 Å². The predicted octanol–water partition coefficient (Wildman–Crippen LogP) is 5.15. The number of aromatic hydroxyl groups is 1. The average molecular weight is 318 g/mol. The second-order valence-electron chi connectivity index (χ2n) is 4.75. The summed E-state index contributed by atoms with van der Waals surface area (Å²) in [6.45, 7) is 0. The summed E-state index contributed by atoms with van der Waals surface area (Å²) in [4.78, 5) is 0. The number of rotatable bonds is 3. The highest BCUT2D eigenvalue weighted by atomic mass is 35.5. The van der Waals surface area contributed by atoms with Gasteiger partial charge in [-0.15, -0.1) is 0 Å². The minimum absolute atomic E-state index is 0.0581. The van der Waals surface area contributed by atoms with E-state index in [1.54, 1.807) is 37.4 Å². The van der Waals surface area contributed by atoms with Crippen molar-refractivity contribution in [2.45, 2.75) is 0 Å². The number of hydrogen-bond acceptors (Lipinski definition) is 3. The second-order valence-corrected chi connectivity index (χ2v) is 5.19. The van der Waals surface area contributed by atoms with Gasteiger partial charge in [0, 0.05) is 17.6 Å². The van der Waals surface area contributed by atoms with E-state index in [-0.39, 0.29) is 11.5 Å². The van der Waals surface area contributed by atoms with Crippen molar-refractivity contribution in [3.63, 3.8) is 0 Å². The van der Waals surface area contributed by atoms with Crippen molar-refractivity contribution in [2.24, 2.45) is 0 Å². The van der Waals surface area contributed by atoms with E-state index in [0.29, 0.717) is 27.6 Å². The minimum atomic E-state index is -0.399. The first kappa shape index (κ1) is 14.5. The molecule has 0 bridgehead atoms. The number of anilines is 1. The van der Waals surface area contributed by atoms with E-state index < -0.39 is 5.82 Å². The Morgan fingerprint density at radius 2 is 1.82 bits per heavy atom. The molecule has 0 atom stereocenters. The molecule has 0 aliphatic rings. The number of furan rings is 1. The SMILES string of the molecule is CNc1oc(-c2cccc(F)c2)c(O)c1-c1cccc(Cl)c1. The Balaban J connectivity index is 2.20. The summed E-state index contributed by atoms with van der Waals surface area (Å²) in [5.74, 6) is 0.138. The van der Waals surface area contributed by atoms with Crippen molar-refractivity contribution in [3.8, 4) is 28.2 Å². The molecule has 0 aliphatic heterocycles. The second kappa shape index (κ2) is 5.73. The fraction of sp³-hybridized carbons (Fsp3) is 0.0588.